The highest BCUT2D eigenvalue weighted by Gasteiger charge is 2.43. The van der Waals surface area contributed by atoms with Crippen molar-refractivity contribution in [2.75, 3.05) is 6.61 Å². The molecule has 3 aromatic rings. The number of halogens is 2. The highest BCUT2D eigenvalue weighted by Crippen LogP contribution is 2.44. The van der Waals surface area contributed by atoms with Gasteiger partial charge in [-0.15, -0.1) is 0 Å². The third-order valence-electron chi connectivity index (χ3n) is 6.62. The molecule has 0 saturated heterocycles. The van der Waals surface area contributed by atoms with E-state index in [4.69, 9.17) is 33.0 Å². The zero-order chi connectivity index (χ0) is 24.4. The number of hydrazone groups is 1. The van der Waals surface area contributed by atoms with Gasteiger partial charge < -0.3 is 4.74 Å². The largest absolute Gasteiger partial charge is 0.483 e. The first-order valence-electron chi connectivity index (χ1n) is 11.8. The summed E-state index contributed by atoms with van der Waals surface area (Å²) < 4.78 is 5.89. The monoisotopic (exact) mass is 504 g/mol. The van der Waals surface area contributed by atoms with Gasteiger partial charge in [0.2, 0.25) is 0 Å². The normalized spacial score (nSPS) is 20.5. The summed E-state index contributed by atoms with van der Waals surface area (Å²) in [4.78, 5) is 13.5. The van der Waals surface area contributed by atoms with Crippen LogP contribution in [0.1, 0.15) is 42.0 Å². The fourth-order valence-corrected chi connectivity index (χ4v) is 5.14. The second-order valence-electron chi connectivity index (χ2n) is 8.99. The molecule has 1 aliphatic heterocycles. The Balaban J connectivity index is 1.47. The van der Waals surface area contributed by atoms with E-state index in [1.165, 1.54) is 0 Å². The molecule has 2 aliphatic rings. The van der Waals surface area contributed by atoms with Crippen molar-refractivity contribution in [2.24, 2.45) is 11.0 Å². The van der Waals surface area contributed by atoms with Crippen LogP contribution in [0.25, 0.3) is 6.08 Å². The van der Waals surface area contributed by atoms with E-state index in [0.29, 0.717) is 15.8 Å². The summed E-state index contributed by atoms with van der Waals surface area (Å²) in [5.74, 6) is 0.656. The van der Waals surface area contributed by atoms with E-state index in [1.807, 2.05) is 79.7 Å². The third-order valence-corrected chi connectivity index (χ3v) is 7.13. The summed E-state index contributed by atoms with van der Waals surface area (Å²) in [6, 6.07) is 23.0. The summed E-state index contributed by atoms with van der Waals surface area (Å²) in [7, 11) is 0. The Hall–Kier alpha value is -3.08. The molecule has 5 rings (SSSR count). The lowest BCUT2D eigenvalue weighted by Crippen LogP contribution is -2.34. The van der Waals surface area contributed by atoms with Crippen LogP contribution in [-0.2, 0) is 4.79 Å². The minimum atomic E-state index is -0.191. The van der Waals surface area contributed by atoms with Crippen LogP contribution >= 0.6 is 23.2 Å². The molecular formula is C29H26Cl2N2O2. The predicted octanol–water partition coefficient (Wildman–Crippen LogP) is 7.50. The zero-order valence-electron chi connectivity index (χ0n) is 19.5. The van der Waals surface area contributed by atoms with Crippen molar-refractivity contribution >= 4 is 40.9 Å². The number of nitrogens with zero attached hydrogens (tertiary/aromatic N) is 2. The predicted molar refractivity (Wildman–Crippen MR) is 142 cm³/mol. The van der Waals surface area contributed by atoms with Crippen LogP contribution in [0.4, 0.5) is 0 Å². The molecule has 1 amide bonds. The highest BCUT2D eigenvalue weighted by atomic mass is 35.5. The average Bonchev–Trinajstić information content (AvgIpc) is 3.26. The Morgan fingerprint density at radius 3 is 2.43 bits per heavy atom. The Bertz CT molecular complexity index is 1280. The van der Waals surface area contributed by atoms with E-state index in [-0.39, 0.29) is 24.5 Å². The summed E-state index contributed by atoms with van der Waals surface area (Å²) in [6.07, 6.45) is 5.09. The number of hydrogen-bond acceptors (Lipinski definition) is 3. The van der Waals surface area contributed by atoms with E-state index >= 15 is 0 Å². The van der Waals surface area contributed by atoms with Crippen LogP contribution in [0.2, 0.25) is 10.0 Å². The molecule has 4 nitrogen and oxygen atoms in total. The molecule has 6 heteroatoms. The van der Waals surface area contributed by atoms with Crippen molar-refractivity contribution in [1.82, 2.24) is 5.01 Å². The van der Waals surface area contributed by atoms with Gasteiger partial charge in [0.05, 0.1) is 11.8 Å². The molecule has 3 aromatic carbocycles. The summed E-state index contributed by atoms with van der Waals surface area (Å²) in [5, 5.41) is 7.92. The molecular weight excluding hydrogens is 479 g/mol. The Kier molecular flexibility index (Phi) is 6.94. The van der Waals surface area contributed by atoms with Gasteiger partial charge in [0, 0.05) is 16.0 Å². The number of para-hydroxylation sites is 1. The number of hydrogen-bond donors (Lipinski definition) is 0. The Morgan fingerprint density at radius 2 is 1.71 bits per heavy atom. The molecule has 1 aliphatic carbocycles. The van der Waals surface area contributed by atoms with Crippen LogP contribution < -0.4 is 4.74 Å². The van der Waals surface area contributed by atoms with Crippen molar-refractivity contribution < 1.29 is 9.53 Å². The van der Waals surface area contributed by atoms with Gasteiger partial charge in [-0.3, -0.25) is 4.79 Å². The van der Waals surface area contributed by atoms with E-state index in [0.717, 1.165) is 47.2 Å². The number of carbonyl (C=O) groups excluding carboxylic acids is 1. The number of allylic oxidation sites excluding steroid dienone is 1. The second-order valence-corrected chi connectivity index (χ2v) is 9.87. The minimum Gasteiger partial charge on any atom is -0.483 e. The van der Waals surface area contributed by atoms with Crippen LogP contribution in [0.15, 0.2) is 83.5 Å². The quantitative estimate of drug-likeness (QED) is 0.360. The lowest BCUT2D eigenvalue weighted by Gasteiger charge is -2.29. The standard InChI is InChI=1S/C29H26Cl2N2O2/c1-19-5-2-3-8-26(19)35-18-27(34)33-29(21-11-15-24(31)16-12-21)25-7-4-6-22(28(25)32-33)17-20-9-13-23(30)14-10-20/h2-3,5,8-17,25,29H,4,6-7,18H2,1H3. The third kappa shape index (κ3) is 5.14. The molecule has 178 valence electrons. The molecule has 35 heavy (non-hydrogen) atoms. The van der Waals surface area contributed by atoms with Gasteiger partial charge >= 0.3 is 0 Å². The van der Waals surface area contributed by atoms with E-state index < -0.39 is 0 Å². The molecule has 1 saturated carbocycles. The lowest BCUT2D eigenvalue weighted by molar-refractivity contribution is -0.135. The number of amides is 1. The van der Waals surface area contributed by atoms with Crippen molar-refractivity contribution in [1.29, 1.82) is 0 Å². The van der Waals surface area contributed by atoms with E-state index in [2.05, 4.69) is 6.08 Å². The van der Waals surface area contributed by atoms with Crippen LogP contribution in [0, 0.1) is 12.8 Å². The van der Waals surface area contributed by atoms with Gasteiger partial charge in [0.25, 0.3) is 5.91 Å². The zero-order valence-corrected chi connectivity index (χ0v) is 21.0. The smallest absolute Gasteiger partial charge is 0.281 e. The van der Waals surface area contributed by atoms with Gasteiger partial charge in [-0.1, -0.05) is 65.7 Å². The summed E-state index contributed by atoms with van der Waals surface area (Å²) in [5.41, 5.74) is 5.23. The molecule has 0 aromatic heterocycles. The SMILES string of the molecule is Cc1ccccc1OCC(=O)N1N=C2C(=Cc3ccc(Cl)cc3)CCCC2C1c1ccc(Cl)cc1. The second kappa shape index (κ2) is 10.3. The molecule has 1 fully saturated rings. The van der Waals surface area contributed by atoms with Crippen molar-refractivity contribution in [2.45, 2.75) is 32.2 Å². The molecule has 0 bridgehead atoms. The van der Waals surface area contributed by atoms with Crippen LogP contribution in [0.3, 0.4) is 0 Å². The molecule has 0 N–H and O–H groups in total. The van der Waals surface area contributed by atoms with Gasteiger partial charge in [0.1, 0.15) is 5.75 Å². The Labute approximate surface area is 215 Å². The Morgan fingerprint density at radius 1 is 1.03 bits per heavy atom. The number of aryl methyl sites for hydroxylation is 1. The molecule has 0 spiro atoms. The molecule has 0 radical (unpaired) electrons. The number of ether oxygens (including phenoxy) is 1. The first-order valence-corrected chi connectivity index (χ1v) is 12.6. The molecule has 1 heterocycles. The highest BCUT2D eigenvalue weighted by molar-refractivity contribution is 6.30. The van der Waals surface area contributed by atoms with Crippen molar-refractivity contribution in [3.8, 4) is 5.75 Å². The van der Waals surface area contributed by atoms with Crippen molar-refractivity contribution in [3.05, 3.63) is 105 Å². The summed E-state index contributed by atoms with van der Waals surface area (Å²) in [6.45, 7) is 1.89. The fraction of sp³-hybridized carbons (Fsp3) is 0.241. The fourth-order valence-electron chi connectivity index (χ4n) is 4.88. The number of rotatable bonds is 5. The summed E-state index contributed by atoms with van der Waals surface area (Å²) >= 11 is 12.2. The molecule has 2 unspecified atom stereocenters. The van der Waals surface area contributed by atoms with Gasteiger partial charge in [-0.25, -0.2) is 5.01 Å². The van der Waals surface area contributed by atoms with Gasteiger partial charge in [-0.05, 0) is 84.9 Å². The van der Waals surface area contributed by atoms with Crippen molar-refractivity contribution in [3.63, 3.8) is 0 Å². The molecule has 2 atom stereocenters. The maximum Gasteiger partial charge on any atom is 0.281 e. The van der Waals surface area contributed by atoms with Gasteiger partial charge in [-0.2, -0.15) is 5.10 Å². The minimum absolute atomic E-state index is 0.0747. The average molecular weight is 505 g/mol. The van der Waals surface area contributed by atoms with Gasteiger partial charge in [0.15, 0.2) is 6.61 Å². The lowest BCUT2D eigenvalue weighted by atomic mass is 9.77. The topological polar surface area (TPSA) is 41.9 Å². The number of fused-ring (bicyclic) bond motifs is 1. The first-order chi connectivity index (χ1) is 17.0. The first kappa shape index (κ1) is 23.7. The van der Waals surface area contributed by atoms with E-state index in [1.54, 1.807) is 5.01 Å². The number of carbonyl (C=O) groups is 1. The van der Waals surface area contributed by atoms with E-state index in [9.17, 15) is 4.79 Å². The number of benzene rings is 3. The maximum atomic E-state index is 13.5. The van der Waals surface area contributed by atoms with Crippen LogP contribution in [-0.4, -0.2) is 23.2 Å². The van der Waals surface area contributed by atoms with Crippen LogP contribution in [0.5, 0.6) is 5.75 Å². The maximum absolute atomic E-state index is 13.5.